The highest BCUT2D eigenvalue weighted by Crippen LogP contribution is 2.36. The van der Waals surface area contributed by atoms with Crippen LogP contribution in [0, 0.1) is 0 Å². The van der Waals surface area contributed by atoms with Crippen LogP contribution in [0.1, 0.15) is 18.4 Å². The third kappa shape index (κ3) is 5.32. The van der Waals surface area contributed by atoms with Gasteiger partial charge in [-0.1, -0.05) is 53.5 Å². The van der Waals surface area contributed by atoms with Crippen LogP contribution in [0.15, 0.2) is 72.9 Å². The first-order chi connectivity index (χ1) is 16.9. The molecule has 1 saturated heterocycles. The third-order valence-electron chi connectivity index (χ3n) is 7.04. The van der Waals surface area contributed by atoms with Gasteiger partial charge in [-0.3, -0.25) is 0 Å². The van der Waals surface area contributed by atoms with Crippen molar-refractivity contribution in [2.24, 2.45) is 0 Å². The fourth-order valence-electron chi connectivity index (χ4n) is 4.91. The summed E-state index contributed by atoms with van der Waals surface area (Å²) in [6.07, 6.45) is 3.91. The lowest BCUT2D eigenvalue weighted by Gasteiger charge is -2.41. The Kier molecular flexibility index (Phi) is 6.74. The minimum Gasteiger partial charge on any atom is -0.361 e. The Morgan fingerprint density at radius 3 is 2.34 bits per heavy atom. The van der Waals surface area contributed by atoms with Crippen LogP contribution in [0.25, 0.3) is 22.0 Å². The van der Waals surface area contributed by atoms with Crippen LogP contribution >= 0.6 is 23.2 Å². The number of benzene rings is 3. The second-order valence-corrected chi connectivity index (χ2v) is 10.3. The Bertz CT molecular complexity index is 1320. The largest absolute Gasteiger partial charge is 0.361 e. The number of hydrogen-bond acceptors (Lipinski definition) is 2. The van der Waals surface area contributed by atoms with E-state index in [1.165, 1.54) is 22.1 Å². The molecule has 1 aliphatic rings. The van der Waals surface area contributed by atoms with E-state index in [0.717, 1.165) is 31.4 Å². The minimum atomic E-state index is -0.266. The highest BCUT2D eigenvalue weighted by atomic mass is 35.5. The number of nitrogens with zero attached hydrogens (tertiary/aromatic N) is 1. The zero-order valence-corrected chi connectivity index (χ0v) is 21.1. The molecule has 0 atom stereocenters. The molecule has 4 aromatic rings. The number of piperidine rings is 1. The van der Waals surface area contributed by atoms with Crippen LogP contribution in [-0.2, 0) is 5.41 Å². The van der Waals surface area contributed by atoms with Gasteiger partial charge < -0.3 is 20.5 Å². The SMILES string of the molecule is CN1CCC(CNC(=O)Nc2cc(Cl)cc(Cl)c2)(c2ccc(-c3ccc4[nH]ccc4c3)cc2)CC1. The van der Waals surface area contributed by atoms with Crippen molar-refractivity contribution in [2.75, 3.05) is 32.0 Å². The van der Waals surface area contributed by atoms with Crippen molar-refractivity contribution >= 4 is 45.8 Å². The van der Waals surface area contributed by atoms with Gasteiger partial charge in [-0.15, -0.1) is 0 Å². The number of nitrogens with one attached hydrogen (secondary N) is 3. The molecular formula is C28H28Cl2N4O. The summed E-state index contributed by atoms with van der Waals surface area (Å²) in [5, 5.41) is 8.12. The number of carbonyl (C=O) groups excluding carboxylic acids is 1. The summed E-state index contributed by atoms with van der Waals surface area (Å²) in [5.74, 6) is 0. The number of rotatable bonds is 5. The molecule has 3 aromatic carbocycles. The highest BCUT2D eigenvalue weighted by Gasteiger charge is 2.35. The monoisotopic (exact) mass is 506 g/mol. The smallest absolute Gasteiger partial charge is 0.319 e. The fraction of sp³-hybridized carbons (Fsp3) is 0.250. The maximum absolute atomic E-state index is 12.7. The maximum atomic E-state index is 12.7. The molecule has 0 aliphatic carbocycles. The van der Waals surface area contributed by atoms with E-state index in [0.29, 0.717) is 22.3 Å². The number of aromatic amines is 1. The van der Waals surface area contributed by atoms with Crippen molar-refractivity contribution in [3.63, 3.8) is 0 Å². The number of hydrogen-bond donors (Lipinski definition) is 3. The van der Waals surface area contributed by atoms with Crippen LogP contribution in [-0.4, -0.2) is 42.6 Å². The zero-order chi connectivity index (χ0) is 24.4. The van der Waals surface area contributed by atoms with Crippen LogP contribution in [0.4, 0.5) is 10.5 Å². The molecule has 1 aliphatic heterocycles. The van der Waals surface area contributed by atoms with Crippen molar-refractivity contribution in [3.8, 4) is 11.1 Å². The van der Waals surface area contributed by atoms with Crippen LogP contribution in [0.3, 0.4) is 0 Å². The van der Waals surface area contributed by atoms with Gasteiger partial charge in [0.25, 0.3) is 0 Å². The number of anilines is 1. The first-order valence-electron chi connectivity index (χ1n) is 11.8. The Morgan fingerprint density at radius 2 is 1.63 bits per heavy atom. The average molecular weight is 507 g/mol. The summed E-state index contributed by atoms with van der Waals surface area (Å²) in [6, 6.07) is 22.1. The Balaban J connectivity index is 1.34. The van der Waals surface area contributed by atoms with Gasteiger partial charge in [0.2, 0.25) is 0 Å². The second-order valence-electron chi connectivity index (χ2n) is 9.41. The first-order valence-corrected chi connectivity index (χ1v) is 12.5. The molecule has 7 heteroatoms. The number of H-pyrrole nitrogens is 1. The average Bonchev–Trinajstić information content (AvgIpc) is 3.31. The molecule has 180 valence electrons. The van der Waals surface area contributed by atoms with Gasteiger partial charge >= 0.3 is 6.03 Å². The van der Waals surface area contributed by atoms with E-state index in [1.807, 2.05) is 6.20 Å². The van der Waals surface area contributed by atoms with E-state index in [-0.39, 0.29) is 11.4 Å². The summed E-state index contributed by atoms with van der Waals surface area (Å²) >= 11 is 12.1. The van der Waals surface area contributed by atoms with Gasteiger partial charge in [-0.25, -0.2) is 4.79 Å². The molecule has 2 amide bonds. The first kappa shape index (κ1) is 23.7. The quantitative estimate of drug-likeness (QED) is 0.275. The second kappa shape index (κ2) is 9.94. The Hall–Kier alpha value is -2.99. The van der Waals surface area contributed by atoms with Crippen LogP contribution < -0.4 is 10.6 Å². The van der Waals surface area contributed by atoms with E-state index in [2.05, 4.69) is 76.1 Å². The zero-order valence-electron chi connectivity index (χ0n) is 19.6. The Labute approximate surface area is 215 Å². The molecule has 35 heavy (non-hydrogen) atoms. The fourth-order valence-corrected chi connectivity index (χ4v) is 5.44. The number of aromatic nitrogens is 1. The molecule has 5 nitrogen and oxygen atoms in total. The Morgan fingerprint density at radius 1 is 0.943 bits per heavy atom. The standard InChI is InChI=1S/C28H28Cl2N4O/c1-34-12-9-28(10-13-34,18-32-27(35)33-25-16-23(29)15-24(30)17-25)22-5-2-19(3-6-22)20-4-7-26-21(14-20)8-11-31-26/h2-8,11,14-17,31H,9-10,12-13,18H2,1H3,(H2,32,33,35). The number of halogens is 2. The molecule has 3 N–H and O–H groups in total. The van der Waals surface area contributed by atoms with Crippen molar-refractivity contribution in [3.05, 3.63) is 88.5 Å². The summed E-state index contributed by atoms with van der Waals surface area (Å²) in [6.45, 7) is 2.52. The molecule has 5 rings (SSSR count). The molecule has 0 radical (unpaired) electrons. The summed E-state index contributed by atoms with van der Waals surface area (Å²) in [7, 11) is 2.15. The predicted octanol–water partition coefficient (Wildman–Crippen LogP) is 6.93. The van der Waals surface area contributed by atoms with Gasteiger partial charge in [0.15, 0.2) is 0 Å². The van der Waals surface area contributed by atoms with Crippen molar-refractivity contribution in [2.45, 2.75) is 18.3 Å². The molecular weight excluding hydrogens is 479 g/mol. The van der Waals surface area contributed by atoms with Gasteiger partial charge in [0.1, 0.15) is 0 Å². The summed E-state index contributed by atoms with van der Waals surface area (Å²) in [5.41, 5.74) is 5.21. The molecule has 0 spiro atoms. The summed E-state index contributed by atoms with van der Waals surface area (Å²) in [4.78, 5) is 18.3. The number of amides is 2. The third-order valence-corrected chi connectivity index (χ3v) is 7.47. The molecule has 1 aromatic heterocycles. The van der Waals surface area contributed by atoms with Gasteiger partial charge in [0, 0.05) is 39.4 Å². The number of likely N-dealkylation sites (tertiary alicyclic amines) is 1. The maximum Gasteiger partial charge on any atom is 0.319 e. The molecule has 1 fully saturated rings. The molecule has 0 bridgehead atoms. The lowest BCUT2D eigenvalue weighted by Crippen LogP contribution is -2.48. The predicted molar refractivity (Wildman–Crippen MR) is 146 cm³/mol. The van der Waals surface area contributed by atoms with E-state index >= 15 is 0 Å². The number of carbonyl (C=O) groups is 1. The van der Waals surface area contributed by atoms with Gasteiger partial charge in [-0.05, 0) is 91.5 Å². The lowest BCUT2D eigenvalue weighted by atomic mass is 9.72. The topological polar surface area (TPSA) is 60.2 Å². The van der Waals surface area contributed by atoms with E-state index < -0.39 is 0 Å². The van der Waals surface area contributed by atoms with Crippen molar-refractivity contribution in [1.29, 1.82) is 0 Å². The number of urea groups is 1. The van der Waals surface area contributed by atoms with Gasteiger partial charge in [-0.2, -0.15) is 0 Å². The van der Waals surface area contributed by atoms with Gasteiger partial charge in [0.05, 0.1) is 0 Å². The van der Waals surface area contributed by atoms with Crippen molar-refractivity contribution < 1.29 is 4.79 Å². The highest BCUT2D eigenvalue weighted by molar-refractivity contribution is 6.35. The minimum absolute atomic E-state index is 0.126. The van der Waals surface area contributed by atoms with E-state index in [4.69, 9.17) is 23.2 Å². The van der Waals surface area contributed by atoms with Crippen LogP contribution in [0.5, 0.6) is 0 Å². The molecule has 2 heterocycles. The molecule has 0 saturated carbocycles. The van der Waals surface area contributed by atoms with Crippen LogP contribution in [0.2, 0.25) is 10.0 Å². The van der Waals surface area contributed by atoms with E-state index in [1.54, 1.807) is 18.2 Å². The van der Waals surface area contributed by atoms with E-state index in [9.17, 15) is 4.79 Å². The lowest BCUT2D eigenvalue weighted by molar-refractivity contribution is 0.183. The summed E-state index contributed by atoms with van der Waals surface area (Å²) < 4.78 is 0. The van der Waals surface area contributed by atoms with Crippen molar-refractivity contribution in [1.82, 2.24) is 15.2 Å². The molecule has 0 unspecified atom stereocenters. The normalized spacial score (nSPS) is 15.7. The number of fused-ring (bicyclic) bond motifs is 1.